The first-order valence-corrected chi connectivity index (χ1v) is 5.49. The number of hydrogen-bond acceptors (Lipinski definition) is 8. The summed E-state index contributed by atoms with van der Waals surface area (Å²) in [5.41, 5.74) is 0. The van der Waals surface area contributed by atoms with Crippen LogP contribution in [0.5, 0.6) is 0 Å². The number of aliphatic hydroxyl groups excluding tert-OH is 2. The molecular weight excluding hydrogens is 248 g/mol. The normalized spacial score (nSPS) is 34.1. The lowest BCUT2D eigenvalue weighted by Crippen LogP contribution is -2.36. The van der Waals surface area contributed by atoms with Gasteiger partial charge in [0.2, 0.25) is 0 Å². The molecule has 4 atom stereocenters. The van der Waals surface area contributed by atoms with E-state index in [0.29, 0.717) is 0 Å². The fourth-order valence-electron chi connectivity index (χ4n) is 2.04. The molecule has 2 saturated heterocycles. The third-order valence-electron chi connectivity index (χ3n) is 2.79. The molecule has 0 aromatic rings. The highest BCUT2D eigenvalue weighted by Crippen LogP contribution is 2.30. The Kier molecular flexibility index (Phi) is 4.12. The first kappa shape index (κ1) is 13.2. The summed E-state index contributed by atoms with van der Waals surface area (Å²) >= 11 is 0. The molecule has 0 saturated carbocycles. The van der Waals surface area contributed by atoms with Gasteiger partial charge in [-0.25, -0.2) is 9.59 Å². The molecule has 8 nitrogen and oxygen atoms in total. The van der Waals surface area contributed by atoms with Crippen LogP contribution in [0.4, 0.5) is 0 Å². The van der Waals surface area contributed by atoms with Crippen LogP contribution in [-0.4, -0.2) is 73.0 Å². The van der Waals surface area contributed by atoms with E-state index in [0.717, 1.165) is 0 Å². The molecule has 2 fully saturated rings. The van der Waals surface area contributed by atoms with Crippen LogP contribution in [0.15, 0.2) is 0 Å². The summed E-state index contributed by atoms with van der Waals surface area (Å²) < 4.78 is 20.6. The van der Waals surface area contributed by atoms with Gasteiger partial charge in [-0.15, -0.1) is 0 Å². The summed E-state index contributed by atoms with van der Waals surface area (Å²) in [6, 6.07) is 0. The zero-order valence-electron chi connectivity index (χ0n) is 9.48. The van der Waals surface area contributed by atoms with Crippen molar-refractivity contribution in [2.75, 3.05) is 26.4 Å². The van der Waals surface area contributed by atoms with Crippen molar-refractivity contribution in [3.63, 3.8) is 0 Å². The molecule has 2 N–H and O–H groups in total. The highest BCUT2D eigenvalue weighted by Gasteiger charge is 2.51. The number of ether oxygens (including phenoxy) is 4. The Balaban J connectivity index is 1.90. The number of hydrogen-bond donors (Lipinski definition) is 2. The van der Waals surface area contributed by atoms with Crippen LogP contribution in [0.3, 0.4) is 0 Å². The molecule has 18 heavy (non-hydrogen) atoms. The second-order valence-electron chi connectivity index (χ2n) is 3.97. The van der Waals surface area contributed by atoms with E-state index >= 15 is 0 Å². The fourth-order valence-corrected chi connectivity index (χ4v) is 2.04. The molecule has 0 spiro atoms. The summed E-state index contributed by atoms with van der Waals surface area (Å²) in [5, 5.41) is 17.2. The molecule has 2 rings (SSSR count). The first-order chi connectivity index (χ1) is 8.65. The minimum atomic E-state index is -0.761. The van der Waals surface area contributed by atoms with E-state index in [1.165, 1.54) is 0 Å². The van der Waals surface area contributed by atoms with Gasteiger partial charge >= 0.3 is 11.9 Å². The van der Waals surface area contributed by atoms with Crippen molar-refractivity contribution >= 4 is 11.9 Å². The van der Waals surface area contributed by atoms with Gasteiger partial charge in [0.25, 0.3) is 0 Å². The maximum atomic E-state index is 11.0. The molecule has 0 bridgehead atoms. The minimum absolute atomic E-state index is 0.119. The molecule has 0 aromatic carbocycles. The van der Waals surface area contributed by atoms with Crippen molar-refractivity contribution in [2.45, 2.75) is 24.4 Å². The van der Waals surface area contributed by atoms with Crippen molar-refractivity contribution in [1.82, 2.24) is 0 Å². The van der Waals surface area contributed by atoms with Crippen LogP contribution in [0, 0.1) is 0 Å². The van der Waals surface area contributed by atoms with Gasteiger partial charge in [-0.3, -0.25) is 0 Å². The smallest absolute Gasteiger partial charge is 0.332 e. The van der Waals surface area contributed by atoms with Crippen LogP contribution < -0.4 is 0 Å². The Labute approximate surface area is 102 Å². The Bertz CT molecular complexity index is 298. The zero-order chi connectivity index (χ0) is 13.1. The number of rotatable bonds is 4. The van der Waals surface area contributed by atoms with Gasteiger partial charge in [-0.2, -0.15) is 0 Å². The second-order valence-corrected chi connectivity index (χ2v) is 3.97. The number of aliphatic hydroxyl groups is 2. The maximum absolute atomic E-state index is 11.0. The predicted octanol–water partition coefficient (Wildman–Crippen LogP) is -2.41. The largest absolute Gasteiger partial charge is 0.455 e. The monoisotopic (exact) mass is 262 g/mol. The summed E-state index contributed by atoms with van der Waals surface area (Å²) in [4.78, 5) is 21.9. The zero-order valence-corrected chi connectivity index (χ0v) is 9.48. The number of fused-ring (bicyclic) bond motifs is 1. The van der Waals surface area contributed by atoms with Crippen molar-refractivity contribution in [2.24, 2.45) is 0 Å². The number of carbonyl (C=O) groups excluding carboxylic acids is 2. The van der Waals surface area contributed by atoms with Gasteiger partial charge < -0.3 is 29.2 Å². The number of carbonyl (C=O) groups is 2. The average Bonchev–Trinajstić information content (AvgIpc) is 2.93. The predicted molar refractivity (Wildman–Crippen MR) is 53.4 cm³/mol. The first-order valence-electron chi connectivity index (χ1n) is 5.49. The van der Waals surface area contributed by atoms with E-state index in [-0.39, 0.29) is 13.2 Å². The number of esters is 2. The van der Waals surface area contributed by atoms with Crippen LogP contribution in [0.25, 0.3) is 0 Å². The van der Waals surface area contributed by atoms with E-state index in [1.54, 1.807) is 0 Å². The Hall–Kier alpha value is -1.22. The van der Waals surface area contributed by atoms with Crippen molar-refractivity contribution in [3.05, 3.63) is 0 Å². The van der Waals surface area contributed by atoms with Gasteiger partial charge in [0, 0.05) is 0 Å². The SMILES string of the molecule is O=C(CO)OC1COC2C(OC(=O)CO)COC12. The molecule has 2 aliphatic heterocycles. The molecule has 4 unspecified atom stereocenters. The van der Waals surface area contributed by atoms with Crippen molar-refractivity contribution < 1.29 is 38.7 Å². The Morgan fingerprint density at radius 2 is 1.33 bits per heavy atom. The molecule has 2 aliphatic rings. The van der Waals surface area contributed by atoms with Crippen molar-refractivity contribution in [3.8, 4) is 0 Å². The quantitative estimate of drug-likeness (QED) is 0.539. The molecular formula is C10H14O8. The summed E-state index contributed by atoms with van der Waals surface area (Å²) in [7, 11) is 0. The van der Waals surface area contributed by atoms with Gasteiger partial charge in [0.1, 0.15) is 25.4 Å². The molecule has 102 valence electrons. The van der Waals surface area contributed by atoms with Crippen LogP contribution >= 0.6 is 0 Å². The van der Waals surface area contributed by atoms with Gasteiger partial charge in [-0.1, -0.05) is 0 Å². The molecule has 0 aliphatic carbocycles. The van der Waals surface area contributed by atoms with Gasteiger partial charge in [0.15, 0.2) is 12.2 Å². The van der Waals surface area contributed by atoms with Crippen LogP contribution in [0.2, 0.25) is 0 Å². The molecule has 0 amide bonds. The topological polar surface area (TPSA) is 112 Å². The lowest BCUT2D eigenvalue weighted by Gasteiger charge is -2.16. The summed E-state index contributed by atoms with van der Waals surface area (Å²) in [5.74, 6) is -1.52. The summed E-state index contributed by atoms with van der Waals surface area (Å²) in [6.45, 7) is -1.18. The highest BCUT2D eigenvalue weighted by molar-refractivity contribution is 5.71. The van der Waals surface area contributed by atoms with E-state index in [4.69, 9.17) is 29.2 Å². The lowest BCUT2D eigenvalue weighted by molar-refractivity contribution is -0.158. The van der Waals surface area contributed by atoms with Crippen LogP contribution in [0.1, 0.15) is 0 Å². The third kappa shape index (κ3) is 2.61. The average molecular weight is 262 g/mol. The minimum Gasteiger partial charge on any atom is -0.455 e. The Morgan fingerprint density at radius 1 is 0.944 bits per heavy atom. The standard InChI is InChI=1S/C10H14O8/c11-1-7(13)17-5-3-15-10-6(4-16-9(5)10)18-8(14)2-12/h5-6,9-12H,1-4H2. The fraction of sp³-hybridized carbons (Fsp3) is 0.800. The summed E-state index contributed by atoms with van der Waals surface area (Å²) in [6.07, 6.45) is -2.27. The van der Waals surface area contributed by atoms with E-state index in [9.17, 15) is 9.59 Å². The van der Waals surface area contributed by atoms with E-state index in [2.05, 4.69) is 0 Å². The van der Waals surface area contributed by atoms with Gasteiger partial charge in [0.05, 0.1) is 13.2 Å². The molecule has 8 heteroatoms. The molecule has 0 aromatic heterocycles. The third-order valence-corrected chi connectivity index (χ3v) is 2.79. The van der Waals surface area contributed by atoms with E-state index < -0.39 is 49.6 Å². The van der Waals surface area contributed by atoms with E-state index in [1.807, 2.05) is 0 Å². The second kappa shape index (κ2) is 5.61. The Morgan fingerprint density at radius 3 is 1.67 bits per heavy atom. The van der Waals surface area contributed by atoms with Crippen molar-refractivity contribution in [1.29, 1.82) is 0 Å². The molecule has 2 heterocycles. The highest BCUT2D eigenvalue weighted by atomic mass is 16.7. The maximum Gasteiger partial charge on any atom is 0.332 e. The van der Waals surface area contributed by atoms with Crippen LogP contribution in [-0.2, 0) is 28.5 Å². The lowest BCUT2D eigenvalue weighted by atomic mass is 10.1. The van der Waals surface area contributed by atoms with Gasteiger partial charge in [-0.05, 0) is 0 Å². The molecule has 0 radical (unpaired) electrons.